The number of hydrogen-bond acceptors (Lipinski definition) is 11. The zero-order chi connectivity index (χ0) is 25.7. The molecule has 1 amide bonds. The highest BCUT2D eigenvalue weighted by atomic mass is 16.8. The fourth-order valence-electron chi connectivity index (χ4n) is 3.84. The highest BCUT2D eigenvalue weighted by molar-refractivity contribution is 5.99. The van der Waals surface area contributed by atoms with Crippen molar-refractivity contribution >= 4 is 34.7 Å². The normalized spacial score (nSPS) is 13.8. The van der Waals surface area contributed by atoms with Gasteiger partial charge in [-0.15, -0.1) is 5.23 Å². The van der Waals surface area contributed by atoms with Crippen LogP contribution in [-0.4, -0.2) is 71.0 Å². The van der Waals surface area contributed by atoms with E-state index in [4.69, 9.17) is 26.4 Å². The van der Waals surface area contributed by atoms with Crippen LogP contribution in [0.1, 0.15) is 5.56 Å². The number of nitrogens with two attached hydrogens (primary N) is 1. The van der Waals surface area contributed by atoms with Crippen molar-refractivity contribution < 1.29 is 15.2 Å². The number of nitrogens with zero attached hydrogens (tertiary/aromatic N) is 6. The summed E-state index contributed by atoms with van der Waals surface area (Å²) in [6.45, 7) is 2.66. The van der Waals surface area contributed by atoms with Crippen LogP contribution in [-0.2, 0) is 4.79 Å². The summed E-state index contributed by atoms with van der Waals surface area (Å²) >= 11 is 0. The Balaban J connectivity index is 1.49. The quantitative estimate of drug-likeness (QED) is 0.232. The van der Waals surface area contributed by atoms with Gasteiger partial charge in [-0.3, -0.25) is 20.1 Å². The molecule has 0 unspecified atom stereocenters. The molecule has 1 aliphatic heterocycles. The molecule has 2 aromatic heterocycles. The van der Waals surface area contributed by atoms with Gasteiger partial charge >= 0.3 is 0 Å². The Labute approximate surface area is 208 Å². The van der Waals surface area contributed by atoms with Gasteiger partial charge in [0.2, 0.25) is 5.91 Å². The van der Waals surface area contributed by atoms with Crippen LogP contribution in [0.3, 0.4) is 0 Å². The molecule has 36 heavy (non-hydrogen) atoms. The summed E-state index contributed by atoms with van der Waals surface area (Å²) in [4.78, 5) is 25.4. The average Bonchev–Trinajstić information content (AvgIpc) is 2.87. The van der Waals surface area contributed by atoms with Crippen molar-refractivity contribution in [3.8, 4) is 17.3 Å². The molecule has 6 N–H and O–H groups in total. The van der Waals surface area contributed by atoms with Gasteiger partial charge in [-0.05, 0) is 43.4 Å². The minimum Gasteiger partial charge on any atom is -0.382 e. The summed E-state index contributed by atoms with van der Waals surface area (Å²) in [5.74, 6) is 1.09. The van der Waals surface area contributed by atoms with Crippen molar-refractivity contribution in [3.05, 3.63) is 54.1 Å². The van der Waals surface area contributed by atoms with Gasteiger partial charge in [-0.2, -0.15) is 5.26 Å². The summed E-state index contributed by atoms with van der Waals surface area (Å²) in [6.07, 6.45) is 0. The molecule has 0 bridgehead atoms. The van der Waals surface area contributed by atoms with E-state index in [0.717, 1.165) is 17.8 Å². The van der Waals surface area contributed by atoms with Crippen LogP contribution in [0.4, 0.5) is 28.8 Å². The fraction of sp³-hybridized carbons (Fsp3) is 0.250. The number of rotatable bonds is 8. The first-order chi connectivity index (χ1) is 17.4. The molecule has 4 rings (SSSR count). The topological polar surface area (TPSA) is 167 Å². The predicted octanol–water partition coefficient (Wildman–Crippen LogP) is 1.98. The first-order valence-electron chi connectivity index (χ1n) is 11.3. The third-order valence-corrected chi connectivity index (χ3v) is 5.72. The van der Waals surface area contributed by atoms with Gasteiger partial charge in [0.25, 0.3) is 0 Å². The van der Waals surface area contributed by atoms with Gasteiger partial charge in [0.15, 0.2) is 5.82 Å². The molecular weight excluding hydrogens is 462 g/mol. The molecule has 0 atom stereocenters. The molecule has 186 valence electrons. The van der Waals surface area contributed by atoms with Crippen LogP contribution in [0.15, 0.2) is 48.5 Å². The molecule has 12 heteroatoms. The average molecular weight is 490 g/mol. The number of nitrogens with one attached hydrogen (secondary N) is 2. The Morgan fingerprint density at radius 3 is 2.31 bits per heavy atom. The highest BCUT2D eigenvalue weighted by Gasteiger charge is 2.26. The Morgan fingerprint density at radius 1 is 1.03 bits per heavy atom. The summed E-state index contributed by atoms with van der Waals surface area (Å²) in [5.41, 5.74) is 8.42. The molecule has 0 radical (unpaired) electrons. The first-order valence-corrected chi connectivity index (χ1v) is 11.3. The Kier molecular flexibility index (Phi) is 7.45. The van der Waals surface area contributed by atoms with Gasteiger partial charge in [-0.1, -0.05) is 12.1 Å². The number of hydrogen-bond donors (Lipinski definition) is 5. The zero-order valence-electron chi connectivity index (χ0n) is 19.7. The van der Waals surface area contributed by atoms with Crippen LogP contribution in [0.2, 0.25) is 0 Å². The standard InChI is InChI=1S/C24H27N9O3/c1-31-12-13-32(22(34)15-31)18-6-8-20(29-23(18)17-4-2-16(14-25)3-5-17)27-10-11-28-21-9-7-19(33(35)36)24(26)30-21/h2-9,35-36H,10-13,15H2,1H3,(H,27,29)(H3,26,28,30). The number of carbonyl (C=O) groups is 1. The first kappa shape index (κ1) is 24.7. The van der Waals surface area contributed by atoms with E-state index in [1.165, 1.54) is 6.07 Å². The lowest BCUT2D eigenvalue weighted by Crippen LogP contribution is -2.49. The number of nitriles is 1. The van der Waals surface area contributed by atoms with Crippen molar-refractivity contribution in [2.75, 3.05) is 66.3 Å². The molecule has 1 aliphatic rings. The van der Waals surface area contributed by atoms with Crippen molar-refractivity contribution in [2.45, 2.75) is 0 Å². The minimum absolute atomic E-state index is 0.00802. The Hall–Kier alpha value is -4.44. The van der Waals surface area contributed by atoms with Gasteiger partial charge < -0.3 is 21.3 Å². The number of nitrogen functional groups attached to an aromatic ring is 1. The second-order valence-electron chi connectivity index (χ2n) is 8.28. The molecule has 3 heterocycles. The maximum absolute atomic E-state index is 12.7. The van der Waals surface area contributed by atoms with E-state index in [0.29, 0.717) is 49.1 Å². The van der Waals surface area contributed by atoms with Crippen LogP contribution < -0.4 is 26.5 Å². The lowest BCUT2D eigenvalue weighted by Gasteiger charge is -2.33. The van der Waals surface area contributed by atoms with Crippen LogP contribution in [0.25, 0.3) is 11.3 Å². The summed E-state index contributed by atoms with van der Waals surface area (Å²) in [5, 5.41) is 33.6. The van der Waals surface area contributed by atoms with E-state index >= 15 is 0 Å². The summed E-state index contributed by atoms with van der Waals surface area (Å²) in [6, 6.07) is 16.0. The van der Waals surface area contributed by atoms with Gasteiger partial charge in [0.1, 0.15) is 17.3 Å². The van der Waals surface area contributed by atoms with Gasteiger partial charge in [0, 0.05) is 31.7 Å². The molecule has 0 aliphatic carbocycles. The fourth-order valence-corrected chi connectivity index (χ4v) is 3.84. The smallest absolute Gasteiger partial charge is 0.241 e. The largest absolute Gasteiger partial charge is 0.382 e. The number of carbonyl (C=O) groups excluding carboxylic acids is 1. The van der Waals surface area contributed by atoms with Crippen LogP contribution in [0.5, 0.6) is 0 Å². The predicted molar refractivity (Wildman–Crippen MR) is 136 cm³/mol. The zero-order valence-corrected chi connectivity index (χ0v) is 19.7. The molecule has 1 aromatic carbocycles. The van der Waals surface area contributed by atoms with Crippen LogP contribution in [0, 0.1) is 11.3 Å². The molecule has 3 aromatic rings. The van der Waals surface area contributed by atoms with Crippen molar-refractivity contribution in [1.82, 2.24) is 14.9 Å². The third-order valence-electron chi connectivity index (χ3n) is 5.72. The number of benzene rings is 1. The van der Waals surface area contributed by atoms with Crippen molar-refractivity contribution in [2.24, 2.45) is 0 Å². The van der Waals surface area contributed by atoms with Crippen molar-refractivity contribution in [3.63, 3.8) is 0 Å². The number of piperazine rings is 1. The second-order valence-corrected chi connectivity index (χ2v) is 8.28. The van der Waals surface area contributed by atoms with E-state index in [9.17, 15) is 4.79 Å². The molecule has 1 saturated heterocycles. The maximum Gasteiger partial charge on any atom is 0.241 e. The molecular formula is C24H27N9O3. The number of pyridine rings is 2. The SMILES string of the molecule is CN1CCN(c2ccc(NCCNc3ccc(N(O)O)c(N)n3)nc2-c2ccc(C#N)cc2)C(=O)C1. The van der Waals surface area contributed by atoms with Gasteiger partial charge in [0.05, 0.1) is 29.6 Å². The number of amides is 1. The van der Waals surface area contributed by atoms with Gasteiger partial charge in [-0.25, -0.2) is 9.97 Å². The van der Waals surface area contributed by atoms with E-state index < -0.39 is 0 Å². The van der Waals surface area contributed by atoms with Crippen molar-refractivity contribution in [1.29, 1.82) is 5.26 Å². The number of aromatic nitrogens is 2. The van der Waals surface area contributed by atoms with E-state index in [1.807, 2.05) is 36.2 Å². The van der Waals surface area contributed by atoms with E-state index in [2.05, 4.69) is 21.7 Å². The lowest BCUT2D eigenvalue weighted by atomic mass is 10.1. The second kappa shape index (κ2) is 10.9. The monoisotopic (exact) mass is 489 g/mol. The van der Waals surface area contributed by atoms with Crippen LogP contribution >= 0.6 is 0 Å². The number of anilines is 5. The summed E-state index contributed by atoms with van der Waals surface area (Å²) in [7, 11) is 1.92. The third kappa shape index (κ3) is 5.61. The Morgan fingerprint density at radius 2 is 1.69 bits per heavy atom. The maximum atomic E-state index is 12.7. The molecule has 0 saturated carbocycles. The Bertz CT molecular complexity index is 1270. The summed E-state index contributed by atoms with van der Waals surface area (Å²) < 4.78 is 0. The van der Waals surface area contributed by atoms with E-state index in [-0.39, 0.29) is 22.6 Å². The highest BCUT2D eigenvalue weighted by Crippen LogP contribution is 2.32. The van der Waals surface area contributed by atoms with E-state index in [1.54, 1.807) is 23.1 Å². The molecule has 0 spiro atoms. The lowest BCUT2D eigenvalue weighted by molar-refractivity contribution is -0.120. The minimum atomic E-state index is -0.0792. The molecule has 1 fully saturated rings. The molecule has 12 nitrogen and oxygen atoms in total. The number of likely N-dealkylation sites (N-methyl/N-ethyl adjacent to an activating group) is 1.